The van der Waals surface area contributed by atoms with Crippen LogP contribution in [-0.4, -0.2) is 23.1 Å². The van der Waals surface area contributed by atoms with E-state index in [1.807, 2.05) is 12.1 Å². The van der Waals surface area contributed by atoms with Gasteiger partial charge in [-0.25, -0.2) is 0 Å². The highest BCUT2D eigenvalue weighted by Gasteiger charge is 2.22. The van der Waals surface area contributed by atoms with Gasteiger partial charge in [-0.1, -0.05) is 19.8 Å². The minimum absolute atomic E-state index is 0.00975. The van der Waals surface area contributed by atoms with E-state index >= 15 is 0 Å². The first-order valence-electron chi connectivity index (χ1n) is 6.57. The van der Waals surface area contributed by atoms with Gasteiger partial charge in [-0.2, -0.15) is 0 Å². The predicted molar refractivity (Wildman–Crippen MR) is 67.5 cm³/mol. The van der Waals surface area contributed by atoms with E-state index in [4.69, 9.17) is 9.52 Å². The smallest absolute Gasteiger partial charge is 0.129 e. The number of hydrogen-bond donors (Lipinski definition) is 1. The summed E-state index contributed by atoms with van der Waals surface area (Å²) in [6, 6.07) is 4.50. The molecule has 0 bridgehead atoms. The molecule has 1 saturated carbocycles. The van der Waals surface area contributed by atoms with E-state index in [1.54, 1.807) is 0 Å². The highest BCUT2D eigenvalue weighted by molar-refractivity contribution is 5.06. The van der Waals surface area contributed by atoms with Crippen LogP contribution in [-0.2, 0) is 13.2 Å². The molecule has 1 N–H and O–H groups in total. The van der Waals surface area contributed by atoms with Crippen molar-refractivity contribution in [2.45, 2.75) is 51.8 Å². The summed E-state index contributed by atoms with van der Waals surface area (Å²) < 4.78 is 5.53. The molecule has 17 heavy (non-hydrogen) atoms. The first-order chi connectivity index (χ1) is 8.19. The molecular weight excluding hydrogens is 214 g/mol. The van der Waals surface area contributed by atoms with Gasteiger partial charge in [0.1, 0.15) is 18.1 Å². The minimum Gasteiger partial charge on any atom is -0.462 e. The van der Waals surface area contributed by atoms with E-state index in [2.05, 4.69) is 18.9 Å². The van der Waals surface area contributed by atoms with Gasteiger partial charge in [0, 0.05) is 6.04 Å². The summed E-state index contributed by atoms with van der Waals surface area (Å²) in [4.78, 5) is 2.38. The summed E-state index contributed by atoms with van der Waals surface area (Å²) in [5, 5.41) is 8.96. The maximum absolute atomic E-state index is 8.96. The van der Waals surface area contributed by atoms with Crippen molar-refractivity contribution in [2.24, 2.45) is 5.92 Å². The Morgan fingerprint density at radius 1 is 1.35 bits per heavy atom. The molecule has 3 nitrogen and oxygen atoms in total. The van der Waals surface area contributed by atoms with Gasteiger partial charge in [-0.3, -0.25) is 4.90 Å². The Kier molecular flexibility index (Phi) is 4.24. The number of rotatable bonds is 4. The Morgan fingerprint density at radius 2 is 2.12 bits per heavy atom. The lowest BCUT2D eigenvalue weighted by atomic mass is 9.86. The Labute approximate surface area is 103 Å². The molecule has 3 heteroatoms. The van der Waals surface area contributed by atoms with E-state index < -0.39 is 0 Å². The van der Waals surface area contributed by atoms with Crippen molar-refractivity contribution in [3.8, 4) is 0 Å². The molecule has 1 heterocycles. The van der Waals surface area contributed by atoms with Crippen LogP contribution in [0.2, 0.25) is 0 Å². The third kappa shape index (κ3) is 3.33. The maximum Gasteiger partial charge on any atom is 0.129 e. The zero-order valence-corrected chi connectivity index (χ0v) is 10.9. The first kappa shape index (κ1) is 12.7. The SMILES string of the molecule is CC1CCCC(N(C)Cc2ccc(CO)o2)C1. The lowest BCUT2D eigenvalue weighted by Crippen LogP contribution is -2.34. The lowest BCUT2D eigenvalue weighted by Gasteiger charge is -2.33. The molecule has 1 aliphatic carbocycles. The third-order valence-electron chi connectivity index (χ3n) is 3.81. The van der Waals surface area contributed by atoms with E-state index in [1.165, 1.54) is 25.7 Å². The molecule has 1 fully saturated rings. The standard InChI is InChI=1S/C14H23NO2/c1-11-4-3-5-12(8-11)15(2)9-13-6-7-14(10-16)17-13/h6-7,11-12,16H,3-5,8-10H2,1-2H3. The van der Waals surface area contributed by atoms with E-state index in [0.717, 1.165) is 18.2 Å². The van der Waals surface area contributed by atoms with E-state index in [-0.39, 0.29) is 6.61 Å². The summed E-state index contributed by atoms with van der Waals surface area (Å²) in [7, 11) is 2.17. The predicted octanol–water partition coefficient (Wildman–Crippen LogP) is 2.78. The molecular formula is C14H23NO2. The van der Waals surface area contributed by atoms with Crippen LogP contribution in [0.25, 0.3) is 0 Å². The second kappa shape index (κ2) is 5.69. The summed E-state index contributed by atoms with van der Waals surface area (Å²) in [5.74, 6) is 2.46. The van der Waals surface area contributed by atoms with Gasteiger partial charge in [0.2, 0.25) is 0 Å². The summed E-state index contributed by atoms with van der Waals surface area (Å²) >= 11 is 0. The molecule has 1 aromatic heterocycles. The van der Waals surface area contributed by atoms with Crippen molar-refractivity contribution in [2.75, 3.05) is 7.05 Å². The van der Waals surface area contributed by atoms with Gasteiger partial charge < -0.3 is 9.52 Å². The lowest BCUT2D eigenvalue weighted by molar-refractivity contribution is 0.146. The van der Waals surface area contributed by atoms with Gasteiger partial charge in [0.15, 0.2) is 0 Å². The van der Waals surface area contributed by atoms with Gasteiger partial charge in [-0.15, -0.1) is 0 Å². The molecule has 96 valence electrons. The zero-order valence-electron chi connectivity index (χ0n) is 10.9. The van der Waals surface area contributed by atoms with Crippen molar-refractivity contribution in [3.63, 3.8) is 0 Å². The average molecular weight is 237 g/mol. The van der Waals surface area contributed by atoms with Crippen LogP contribution in [0.1, 0.15) is 44.1 Å². The molecule has 0 amide bonds. The maximum atomic E-state index is 8.96. The summed E-state index contributed by atoms with van der Waals surface area (Å²) in [5.41, 5.74) is 0. The number of furan rings is 1. The molecule has 2 atom stereocenters. The fraction of sp³-hybridized carbons (Fsp3) is 0.714. The van der Waals surface area contributed by atoms with Crippen LogP contribution in [0.3, 0.4) is 0 Å². The van der Waals surface area contributed by atoms with Crippen molar-refractivity contribution in [3.05, 3.63) is 23.7 Å². The minimum atomic E-state index is -0.00975. The van der Waals surface area contributed by atoms with Crippen LogP contribution in [0.5, 0.6) is 0 Å². The Balaban J connectivity index is 1.89. The number of aliphatic hydroxyl groups is 1. The van der Waals surface area contributed by atoms with Crippen molar-refractivity contribution in [1.29, 1.82) is 0 Å². The first-order valence-corrected chi connectivity index (χ1v) is 6.57. The fourth-order valence-corrected chi connectivity index (χ4v) is 2.77. The largest absolute Gasteiger partial charge is 0.462 e. The van der Waals surface area contributed by atoms with Gasteiger partial charge >= 0.3 is 0 Å². The highest BCUT2D eigenvalue weighted by atomic mass is 16.4. The fourth-order valence-electron chi connectivity index (χ4n) is 2.77. The highest BCUT2D eigenvalue weighted by Crippen LogP contribution is 2.27. The molecule has 0 aromatic carbocycles. The van der Waals surface area contributed by atoms with Crippen molar-refractivity contribution >= 4 is 0 Å². The molecule has 2 unspecified atom stereocenters. The Morgan fingerprint density at radius 3 is 2.76 bits per heavy atom. The summed E-state index contributed by atoms with van der Waals surface area (Å²) in [6.07, 6.45) is 5.31. The third-order valence-corrected chi connectivity index (χ3v) is 3.81. The zero-order chi connectivity index (χ0) is 12.3. The van der Waals surface area contributed by atoms with Crippen LogP contribution >= 0.6 is 0 Å². The van der Waals surface area contributed by atoms with Gasteiger partial charge in [-0.05, 0) is 37.9 Å². The molecule has 0 saturated heterocycles. The number of nitrogens with zero attached hydrogens (tertiary/aromatic N) is 1. The Hall–Kier alpha value is -0.800. The summed E-state index contributed by atoms with van der Waals surface area (Å²) in [6.45, 7) is 3.18. The quantitative estimate of drug-likeness (QED) is 0.874. The number of aliphatic hydroxyl groups excluding tert-OH is 1. The molecule has 1 aromatic rings. The van der Waals surface area contributed by atoms with Crippen molar-refractivity contribution in [1.82, 2.24) is 4.90 Å². The van der Waals surface area contributed by atoms with E-state index in [0.29, 0.717) is 11.8 Å². The van der Waals surface area contributed by atoms with Crippen LogP contribution in [0.4, 0.5) is 0 Å². The average Bonchev–Trinajstić information content (AvgIpc) is 2.77. The monoisotopic (exact) mass is 237 g/mol. The van der Waals surface area contributed by atoms with Crippen molar-refractivity contribution < 1.29 is 9.52 Å². The Bertz CT molecular complexity index is 348. The van der Waals surface area contributed by atoms with Crippen LogP contribution < -0.4 is 0 Å². The van der Waals surface area contributed by atoms with Crippen LogP contribution in [0.15, 0.2) is 16.5 Å². The second-order valence-electron chi connectivity index (χ2n) is 5.37. The van der Waals surface area contributed by atoms with E-state index in [9.17, 15) is 0 Å². The molecule has 2 rings (SSSR count). The molecule has 0 aliphatic heterocycles. The van der Waals surface area contributed by atoms with Crippen LogP contribution in [0, 0.1) is 5.92 Å². The topological polar surface area (TPSA) is 36.6 Å². The second-order valence-corrected chi connectivity index (χ2v) is 5.37. The molecule has 0 radical (unpaired) electrons. The van der Waals surface area contributed by atoms with Gasteiger partial charge in [0.25, 0.3) is 0 Å². The molecule has 1 aliphatic rings. The number of hydrogen-bond acceptors (Lipinski definition) is 3. The molecule has 0 spiro atoms. The normalized spacial score (nSPS) is 25.4. The van der Waals surface area contributed by atoms with Gasteiger partial charge in [0.05, 0.1) is 6.54 Å².